The lowest BCUT2D eigenvalue weighted by molar-refractivity contribution is 0.181. The molecule has 146 valence electrons. The predicted octanol–water partition coefficient (Wildman–Crippen LogP) is 4.77. The van der Waals surface area contributed by atoms with Crippen LogP contribution in [0.2, 0.25) is 15.1 Å². The van der Waals surface area contributed by atoms with Crippen LogP contribution in [0.4, 0.5) is 0 Å². The van der Waals surface area contributed by atoms with Gasteiger partial charge in [-0.1, -0.05) is 40.9 Å². The summed E-state index contributed by atoms with van der Waals surface area (Å²) in [5.41, 5.74) is 2.42. The number of hydrogen-bond donors (Lipinski definition) is 0. The van der Waals surface area contributed by atoms with Crippen LogP contribution in [0.1, 0.15) is 16.7 Å². The van der Waals surface area contributed by atoms with Gasteiger partial charge in [0.2, 0.25) is 10.0 Å². The fourth-order valence-electron chi connectivity index (χ4n) is 3.19. The first-order valence-electron chi connectivity index (χ1n) is 8.61. The summed E-state index contributed by atoms with van der Waals surface area (Å²) in [7, 11) is -3.54. The third kappa shape index (κ3) is 4.61. The SMILES string of the molecule is Cc1cc(S(=O)(=O)N2CCN(Cc3ccc(Cl)cc3Cl)CC2)c(C)cc1Cl. The Hall–Kier alpha value is -0.820. The molecule has 2 aromatic rings. The Balaban J connectivity index is 1.70. The molecule has 0 bridgehead atoms. The van der Waals surface area contributed by atoms with Crippen LogP contribution in [-0.2, 0) is 16.6 Å². The molecule has 0 saturated carbocycles. The topological polar surface area (TPSA) is 40.6 Å². The summed E-state index contributed by atoms with van der Waals surface area (Å²) in [6, 6.07) is 8.82. The van der Waals surface area contributed by atoms with E-state index in [9.17, 15) is 8.42 Å². The minimum Gasteiger partial charge on any atom is -0.296 e. The van der Waals surface area contributed by atoms with Gasteiger partial charge in [-0.3, -0.25) is 4.90 Å². The van der Waals surface area contributed by atoms with Crippen molar-refractivity contribution in [1.82, 2.24) is 9.21 Å². The quantitative estimate of drug-likeness (QED) is 0.678. The van der Waals surface area contributed by atoms with Gasteiger partial charge in [-0.15, -0.1) is 0 Å². The zero-order valence-electron chi connectivity index (χ0n) is 15.2. The van der Waals surface area contributed by atoms with Crippen molar-refractivity contribution in [3.05, 3.63) is 62.1 Å². The monoisotopic (exact) mass is 446 g/mol. The lowest BCUT2D eigenvalue weighted by Gasteiger charge is -2.34. The van der Waals surface area contributed by atoms with Gasteiger partial charge in [-0.25, -0.2) is 8.42 Å². The highest BCUT2D eigenvalue weighted by molar-refractivity contribution is 7.89. The first kappa shape index (κ1) is 20.9. The fraction of sp³-hybridized carbons (Fsp3) is 0.368. The van der Waals surface area contributed by atoms with Gasteiger partial charge in [0.15, 0.2) is 0 Å². The Bertz CT molecular complexity index is 956. The largest absolute Gasteiger partial charge is 0.296 e. The lowest BCUT2D eigenvalue weighted by Crippen LogP contribution is -2.48. The van der Waals surface area contributed by atoms with E-state index in [0.717, 1.165) is 11.1 Å². The summed E-state index contributed by atoms with van der Waals surface area (Å²) in [4.78, 5) is 2.53. The van der Waals surface area contributed by atoms with E-state index in [1.807, 2.05) is 19.1 Å². The van der Waals surface area contributed by atoms with Crippen LogP contribution in [0.5, 0.6) is 0 Å². The van der Waals surface area contributed by atoms with Crippen molar-refractivity contribution in [2.75, 3.05) is 26.2 Å². The molecule has 0 aromatic heterocycles. The van der Waals surface area contributed by atoms with Crippen molar-refractivity contribution in [2.45, 2.75) is 25.3 Å². The standard InChI is InChI=1S/C19H21Cl3N2O2S/c1-13-10-19(14(2)9-17(13)21)27(25,26)24-7-5-23(6-8-24)12-15-3-4-16(20)11-18(15)22/h3-4,9-11H,5-8,12H2,1-2H3. The van der Waals surface area contributed by atoms with Gasteiger partial charge in [0.1, 0.15) is 0 Å². The summed E-state index contributed by atoms with van der Waals surface area (Å²) < 4.78 is 27.7. The van der Waals surface area contributed by atoms with Gasteiger partial charge in [0.05, 0.1) is 4.90 Å². The zero-order chi connectivity index (χ0) is 19.8. The highest BCUT2D eigenvalue weighted by Crippen LogP contribution is 2.28. The molecule has 0 atom stereocenters. The average Bonchev–Trinajstić information content (AvgIpc) is 2.61. The Kier molecular flexibility index (Phi) is 6.41. The molecule has 3 rings (SSSR count). The minimum atomic E-state index is -3.54. The van der Waals surface area contributed by atoms with E-state index in [2.05, 4.69) is 4.90 Å². The molecule has 4 nitrogen and oxygen atoms in total. The first-order chi connectivity index (χ1) is 12.7. The maximum atomic E-state index is 13.1. The van der Waals surface area contributed by atoms with Crippen LogP contribution in [0.25, 0.3) is 0 Å². The second kappa shape index (κ2) is 8.27. The van der Waals surface area contributed by atoms with Crippen LogP contribution in [-0.4, -0.2) is 43.8 Å². The number of aryl methyl sites for hydroxylation is 2. The van der Waals surface area contributed by atoms with Crippen molar-refractivity contribution in [2.24, 2.45) is 0 Å². The Labute approximate surface area is 175 Å². The molecule has 8 heteroatoms. The van der Waals surface area contributed by atoms with E-state index in [0.29, 0.717) is 58.3 Å². The van der Waals surface area contributed by atoms with Crippen molar-refractivity contribution in [3.63, 3.8) is 0 Å². The lowest BCUT2D eigenvalue weighted by atomic mass is 10.2. The number of sulfonamides is 1. The predicted molar refractivity (Wildman–Crippen MR) is 111 cm³/mol. The van der Waals surface area contributed by atoms with Gasteiger partial charge in [-0.05, 0) is 54.8 Å². The molecule has 1 heterocycles. The molecule has 0 radical (unpaired) electrons. The number of hydrogen-bond acceptors (Lipinski definition) is 3. The molecule has 1 aliphatic rings. The van der Waals surface area contributed by atoms with Crippen LogP contribution in [0, 0.1) is 13.8 Å². The van der Waals surface area contributed by atoms with Gasteiger partial charge in [-0.2, -0.15) is 4.31 Å². The number of rotatable bonds is 4. The highest BCUT2D eigenvalue weighted by Gasteiger charge is 2.30. The number of piperazine rings is 1. The Morgan fingerprint density at radius 3 is 2.19 bits per heavy atom. The molecule has 1 fully saturated rings. The van der Waals surface area contributed by atoms with Crippen LogP contribution in [0.3, 0.4) is 0 Å². The number of nitrogens with zero attached hydrogens (tertiary/aromatic N) is 2. The normalized spacial score (nSPS) is 16.6. The van der Waals surface area contributed by atoms with Crippen molar-refractivity contribution < 1.29 is 8.42 Å². The molecular weight excluding hydrogens is 427 g/mol. The molecule has 1 saturated heterocycles. The van der Waals surface area contributed by atoms with Gasteiger partial charge >= 0.3 is 0 Å². The maximum absolute atomic E-state index is 13.1. The Morgan fingerprint density at radius 2 is 1.56 bits per heavy atom. The molecule has 0 spiro atoms. The van der Waals surface area contributed by atoms with E-state index in [4.69, 9.17) is 34.8 Å². The summed E-state index contributed by atoms with van der Waals surface area (Å²) in [5, 5.41) is 1.81. The second-order valence-electron chi connectivity index (χ2n) is 6.78. The third-order valence-electron chi connectivity index (χ3n) is 4.81. The zero-order valence-corrected chi connectivity index (χ0v) is 18.3. The van der Waals surface area contributed by atoms with Crippen LogP contribution < -0.4 is 0 Å². The third-order valence-corrected chi connectivity index (χ3v) is 7.85. The molecule has 2 aromatic carbocycles. The smallest absolute Gasteiger partial charge is 0.243 e. The van der Waals surface area contributed by atoms with Crippen molar-refractivity contribution >= 4 is 44.8 Å². The second-order valence-corrected chi connectivity index (χ2v) is 9.94. The summed E-state index contributed by atoms with van der Waals surface area (Å²) >= 11 is 18.3. The van der Waals surface area contributed by atoms with Crippen LogP contribution in [0.15, 0.2) is 35.2 Å². The molecule has 1 aliphatic heterocycles. The average molecular weight is 448 g/mol. The van der Waals surface area contributed by atoms with E-state index >= 15 is 0 Å². The molecule has 0 amide bonds. The first-order valence-corrected chi connectivity index (χ1v) is 11.2. The minimum absolute atomic E-state index is 0.332. The van der Waals surface area contributed by atoms with Crippen molar-refractivity contribution in [3.8, 4) is 0 Å². The Morgan fingerprint density at radius 1 is 0.889 bits per heavy atom. The summed E-state index contributed by atoms with van der Waals surface area (Å²) in [6.45, 7) is 6.42. The number of benzene rings is 2. The molecular formula is C19H21Cl3N2O2S. The molecule has 0 aliphatic carbocycles. The number of halogens is 3. The highest BCUT2D eigenvalue weighted by atomic mass is 35.5. The van der Waals surface area contributed by atoms with Gasteiger partial charge < -0.3 is 0 Å². The summed E-state index contributed by atoms with van der Waals surface area (Å²) in [5.74, 6) is 0. The fourth-order valence-corrected chi connectivity index (χ4v) is 5.59. The van der Waals surface area contributed by atoms with E-state index in [1.165, 1.54) is 0 Å². The van der Waals surface area contributed by atoms with Gasteiger partial charge in [0.25, 0.3) is 0 Å². The molecule has 0 unspecified atom stereocenters. The van der Waals surface area contributed by atoms with E-state index in [-0.39, 0.29) is 0 Å². The van der Waals surface area contributed by atoms with Gasteiger partial charge in [0, 0.05) is 47.8 Å². The molecule has 27 heavy (non-hydrogen) atoms. The maximum Gasteiger partial charge on any atom is 0.243 e. The van der Waals surface area contributed by atoms with E-state index in [1.54, 1.807) is 29.4 Å². The van der Waals surface area contributed by atoms with E-state index < -0.39 is 10.0 Å². The summed E-state index contributed by atoms with van der Waals surface area (Å²) in [6.07, 6.45) is 0. The molecule has 0 N–H and O–H groups in total. The van der Waals surface area contributed by atoms with Crippen molar-refractivity contribution in [1.29, 1.82) is 0 Å². The van der Waals surface area contributed by atoms with Crippen LogP contribution >= 0.6 is 34.8 Å².